The van der Waals surface area contributed by atoms with Gasteiger partial charge in [-0.2, -0.15) is 18.4 Å². The fraction of sp³-hybridized carbons (Fsp3) is 0.500. The zero-order chi connectivity index (χ0) is 17.1. The van der Waals surface area contributed by atoms with Gasteiger partial charge in [-0.05, 0) is 23.5 Å². The molecule has 0 N–H and O–H groups in total. The smallest absolute Gasteiger partial charge is 0.285 e. The van der Waals surface area contributed by atoms with Gasteiger partial charge in [-0.25, -0.2) is 13.8 Å². The lowest BCUT2D eigenvalue weighted by Crippen LogP contribution is -2.19. The van der Waals surface area contributed by atoms with E-state index < -0.39 is 36.0 Å². The molecular formula is C14H12F5N2O. The van der Waals surface area contributed by atoms with Gasteiger partial charge in [-0.3, -0.25) is 4.79 Å². The molecule has 0 aliphatic carbocycles. The first-order valence-corrected chi connectivity index (χ1v) is 6.29. The fourth-order valence-electron chi connectivity index (χ4n) is 2.10. The van der Waals surface area contributed by atoms with Crippen LogP contribution in [0, 0.1) is 17.2 Å². The predicted octanol–water partition coefficient (Wildman–Crippen LogP) is 3.76. The first-order valence-electron chi connectivity index (χ1n) is 6.29. The summed E-state index contributed by atoms with van der Waals surface area (Å²) in [4.78, 5) is 13.9. The van der Waals surface area contributed by atoms with E-state index >= 15 is 0 Å². The van der Waals surface area contributed by atoms with Crippen molar-refractivity contribution in [3.8, 4) is 6.07 Å². The zero-order valence-corrected chi connectivity index (χ0v) is 11.8. The molecule has 0 saturated carbocycles. The van der Waals surface area contributed by atoms with E-state index in [0.29, 0.717) is 0 Å². The van der Waals surface area contributed by atoms with Crippen LogP contribution in [-0.2, 0) is 23.8 Å². The van der Waals surface area contributed by atoms with Crippen LogP contribution in [0.5, 0.6) is 0 Å². The monoisotopic (exact) mass is 319 g/mol. The molecule has 1 heterocycles. The molecular weight excluding hydrogens is 307 g/mol. The Morgan fingerprint density at radius 1 is 1.23 bits per heavy atom. The van der Waals surface area contributed by atoms with Gasteiger partial charge in [0, 0.05) is 0 Å². The Bertz CT molecular complexity index is 603. The SMILES string of the molecule is CC(C)Cc1c([C]=O)c(C(F)(F)F)nc(C(F)F)c1CC#N. The second-order valence-corrected chi connectivity index (χ2v) is 5.01. The van der Waals surface area contributed by atoms with Crippen LogP contribution in [-0.4, -0.2) is 11.3 Å². The molecule has 0 bridgehead atoms. The molecule has 0 aliphatic heterocycles. The molecule has 0 aromatic carbocycles. The van der Waals surface area contributed by atoms with E-state index in [2.05, 4.69) is 4.98 Å². The first-order chi connectivity index (χ1) is 10.1. The largest absolute Gasteiger partial charge is 0.434 e. The highest BCUT2D eigenvalue weighted by molar-refractivity contribution is 5.81. The highest BCUT2D eigenvalue weighted by Crippen LogP contribution is 2.36. The Hall–Kier alpha value is -2.04. The van der Waals surface area contributed by atoms with Crippen LogP contribution in [0.3, 0.4) is 0 Å². The molecule has 8 heteroatoms. The van der Waals surface area contributed by atoms with Gasteiger partial charge in [0.05, 0.1) is 18.1 Å². The lowest BCUT2D eigenvalue weighted by molar-refractivity contribution is -0.141. The van der Waals surface area contributed by atoms with Gasteiger partial charge >= 0.3 is 6.18 Å². The van der Waals surface area contributed by atoms with Gasteiger partial charge in [0.25, 0.3) is 6.43 Å². The molecule has 0 fully saturated rings. The molecule has 1 aromatic heterocycles. The van der Waals surface area contributed by atoms with Crippen molar-refractivity contribution >= 4 is 6.29 Å². The average Bonchev–Trinajstić information content (AvgIpc) is 2.37. The second-order valence-electron chi connectivity index (χ2n) is 5.01. The molecule has 0 amide bonds. The van der Waals surface area contributed by atoms with Crippen molar-refractivity contribution < 1.29 is 26.7 Å². The van der Waals surface area contributed by atoms with Gasteiger partial charge in [0.1, 0.15) is 5.69 Å². The van der Waals surface area contributed by atoms with Crippen LogP contribution >= 0.6 is 0 Å². The summed E-state index contributed by atoms with van der Waals surface area (Å²) in [5.41, 5.74) is -4.24. The molecule has 0 unspecified atom stereocenters. The van der Waals surface area contributed by atoms with Crippen LogP contribution in [0.25, 0.3) is 0 Å². The number of rotatable bonds is 5. The molecule has 0 atom stereocenters. The second kappa shape index (κ2) is 6.81. The number of nitriles is 1. The molecule has 22 heavy (non-hydrogen) atoms. The van der Waals surface area contributed by atoms with Crippen LogP contribution in [0.1, 0.15) is 48.4 Å². The Morgan fingerprint density at radius 2 is 1.82 bits per heavy atom. The Morgan fingerprint density at radius 3 is 2.18 bits per heavy atom. The minimum Gasteiger partial charge on any atom is -0.285 e. The molecule has 1 radical (unpaired) electrons. The lowest BCUT2D eigenvalue weighted by atomic mass is 9.90. The first kappa shape index (κ1) is 18.0. The molecule has 3 nitrogen and oxygen atoms in total. The van der Waals surface area contributed by atoms with Crippen molar-refractivity contribution in [2.24, 2.45) is 5.92 Å². The minimum absolute atomic E-state index is 0.0626. The number of alkyl halides is 5. The maximum absolute atomic E-state index is 13.0. The quantitative estimate of drug-likeness (QED) is 0.777. The Labute approximate surface area is 123 Å². The number of hydrogen-bond donors (Lipinski definition) is 0. The molecule has 0 aliphatic rings. The van der Waals surface area contributed by atoms with Crippen molar-refractivity contribution in [2.75, 3.05) is 0 Å². The summed E-state index contributed by atoms with van der Waals surface area (Å²) in [5.74, 6) is -0.210. The van der Waals surface area contributed by atoms with Gasteiger partial charge in [0.2, 0.25) is 6.29 Å². The number of aromatic nitrogens is 1. The number of pyridine rings is 1. The standard InChI is InChI=1S/C14H12F5N2O/c1-7(2)5-9-8(3-4-20)11(13(15)16)21-12(10(9)6-22)14(17,18)19/h7,13H,3,5H2,1-2H3. The van der Waals surface area contributed by atoms with E-state index in [1.165, 1.54) is 0 Å². The lowest BCUT2D eigenvalue weighted by Gasteiger charge is -2.19. The van der Waals surface area contributed by atoms with Gasteiger partial charge < -0.3 is 0 Å². The maximum atomic E-state index is 13.0. The van der Waals surface area contributed by atoms with Crippen LogP contribution in [0.2, 0.25) is 0 Å². The van der Waals surface area contributed by atoms with E-state index in [1.54, 1.807) is 19.9 Å². The maximum Gasteiger partial charge on any atom is 0.434 e. The third-order valence-electron chi connectivity index (χ3n) is 2.89. The summed E-state index contributed by atoms with van der Waals surface area (Å²) in [6.07, 6.45) is -7.81. The topological polar surface area (TPSA) is 53.8 Å². The van der Waals surface area contributed by atoms with Gasteiger partial charge in [0.15, 0.2) is 5.69 Å². The zero-order valence-electron chi connectivity index (χ0n) is 11.8. The van der Waals surface area contributed by atoms with Crippen LogP contribution in [0.4, 0.5) is 22.0 Å². The highest BCUT2D eigenvalue weighted by Gasteiger charge is 2.39. The van der Waals surface area contributed by atoms with Gasteiger partial charge in [-0.1, -0.05) is 13.8 Å². The van der Waals surface area contributed by atoms with Crippen molar-refractivity contribution in [3.05, 3.63) is 28.1 Å². The minimum atomic E-state index is -5.06. The molecule has 0 spiro atoms. The fourth-order valence-corrected chi connectivity index (χ4v) is 2.10. The highest BCUT2D eigenvalue weighted by atomic mass is 19.4. The van der Waals surface area contributed by atoms with E-state index in [4.69, 9.17) is 5.26 Å². The number of carbonyl (C=O) groups excluding carboxylic acids is 1. The summed E-state index contributed by atoms with van der Waals surface area (Å²) in [5, 5.41) is 8.73. The average molecular weight is 319 g/mol. The summed E-state index contributed by atoms with van der Waals surface area (Å²) in [7, 11) is 0. The number of nitrogens with zero attached hydrogens (tertiary/aromatic N) is 2. The summed E-state index contributed by atoms with van der Waals surface area (Å²) in [6.45, 7) is 3.31. The molecule has 119 valence electrons. The van der Waals surface area contributed by atoms with Gasteiger partial charge in [-0.15, -0.1) is 0 Å². The third-order valence-corrected chi connectivity index (χ3v) is 2.89. The van der Waals surface area contributed by atoms with Crippen molar-refractivity contribution in [2.45, 2.75) is 39.3 Å². The number of halogens is 5. The van der Waals surface area contributed by atoms with Crippen LogP contribution < -0.4 is 0 Å². The van der Waals surface area contributed by atoms with E-state index in [1.807, 2.05) is 0 Å². The Balaban J connectivity index is 3.82. The van der Waals surface area contributed by atoms with Crippen molar-refractivity contribution in [3.63, 3.8) is 0 Å². The summed E-state index contributed by atoms with van der Waals surface area (Å²) in [6, 6.07) is 1.62. The van der Waals surface area contributed by atoms with E-state index in [9.17, 15) is 26.7 Å². The van der Waals surface area contributed by atoms with Crippen molar-refractivity contribution in [1.29, 1.82) is 5.26 Å². The summed E-state index contributed by atoms with van der Waals surface area (Å²) >= 11 is 0. The molecule has 1 aromatic rings. The molecule has 0 saturated heterocycles. The number of hydrogen-bond acceptors (Lipinski definition) is 3. The van der Waals surface area contributed by atoms with E-state index in [-0.39, 0.29) is 23.5 Å². The molecule has 1 rings (SSSR count). The predicted molar refractivity (Wildman–Crippen MR) is 66.9 cm³/mol. The Kier molecular flexibility index (Phi) is 5.58. The van der Waals surface area contributed by atoms with Crippen molar-refractivity contribution in [1.82, 2.24) is 4.98 Å². The van der Waals surface area contributed by atoms with Crippen LogP contribution in [0.15, 0.2) is 0 Å². The summed E-state index contributed by atoms with van der Waals surface area (Å²) < 4.78 is 65.0. The normalized spacial score (nSPS) is 11.8. The third kappa shape index (κ3) is 3.78. The van der Waals surface area contributed by atoms with E-state index in [0.717, 1.165) is 6.29 Å².